The smallest absolute Gasteiger partial charge is 0.319 e. The molecule has 0 atom stereocenters. The average Bonchev–Trinajstić information content (AvgIpc) is 1.99. The number of carbonyl (C=O) groups is 3. The molecule has 15 heavy (non-hydrogen) atoms. The largest absolute Gasteiger partial charge is 0.480 e. The molecule has 84 valence electrons. The number of carbonyl (C=O) groups excluding carboxylic acids is 2. The molecule has 0 spiro atoms. The van der Waals surface area contributed by atoms with E-state index in [0.29, 0.717) is 12.8 Å². The molecule has 1 saturated carbocycles. The first-order chi connectivity index (χ1) is 6.99. The first-order valence-corrected chi connectivity index (χ1v) is 4.79. The van der Waals surface area contributed by atoms with Gasteiger partial charge in [-0.3, -0.25) is 14.4 Å². The van der Waals surface area contributed by atoms with Crippen molar-refractivity contribution in [3.05, 3.63) is 0 Å². The SMILES string of the molecule is NC(=O)CCNC(=O)C1(C(=O)O)CCC1. The summed E-state index contributed by atoms with van der Waals surface area (Å²) in [7, 11) is 0. The standard InChI is InChI=1S/C9H14N2O4/c10-6(12)2-5-11-7(13)9(8(14)15)3-1-4-9/h1-5H2,(H2,10,12)(H,11,13)(H,14,15). The summed E-state index contributed by atoms with van der Waals surface area (Å²) in [6, 6.07) is 0. The van der Waals surface area contributed by atoms with Crippen LogP contribution in [0, 0.1) is 5.41 Å². The van der Waals surface area contributed by atoms with Crippen molar-refractivity contribution >= 4 is 17.8 Å². The van der Waals surface area contributed by atoms with Crippen LogP contribution >= 0.6 is 0 Å². The number of nitrogens with two attached hydrogens (primary N) is 1. The fourth-order valence-electron chi connectivity index (χ4n) is 1.54. The second-order valence-corrected chi connectivity index (χ2v) is 3.71. The van der Waals surface area contributed by atoms with E-state index in [2.05, 4.69) is 5.32 Å². The molecule has 0 saturated heterocycles. The Bertz CT molecular complexity index is 296. The fraction of sp³-hybridized carbons (Fsp3) is 0.667. The molecule has 0 aromatic rings. The second-order valence-electron chi connectivity index (χ2n) is 3.71. The topological polar surface area (TPSA) is 109 Å². The van der Waals surface area contributed by atoms with Gasteiger partial charge in [0.1, 0.15) is 5.41 Å². The maximum Gasteiger partial charge on any atom is 0.319 e. The first-order valence-electron chi connectivity index (χ1n) is 4.79. The minimum atomic E-state index is -1.27. The minimum Gasteiger partial charge on any atom is -0.480 e. The van der Waals surface area contributed by atoms with Gasteiger partial charge in [0, 0.05) is 13.0 Å². The molecule has 0 unspecified atom stereocenters. The van der Waals surface area contributed by atoms with Gasteiger partial charge in [-0.1, -0.05) is 6.42 Å². The predicted molar refractivity (Wildman–Crippen MR) is 50.7 cm³/mol. The molecule has 0 aliphatic heterocycles. The Labute approximate surface area is 86.8 Å². The molecule has 1 fully saturated rings. The summed E-state index contributed by atoms with van der Waals surface area (Å²) in [4.78, 5) is 32.8. The number of primary amides is 1. The number of hydrogen-bond donors (Lipinski definition) is 3. The van der Waals surface area contributed by atoms with E-state index < -0.39 is 23.2 Å². The number of hydrogen-bond acceptors (Lipinski definition) is 3. The Morgan fingerprint density at radius 3 is 2.27 bits per heavy atom. The number of aliphatic carboxylic acids is 1. The van der Waals surface area contributed by atoms with Crippen LogP contribution in [0.2, 0.25) is 0 Å². The van der Waals surface area contributed by atoms with Gasteiger partial charge in [0.15, 0.2) is 0 Å². The van der Waals surface area contributed by atoms with Crippen LogP contribution in [0.25, 0.3) is 0 Å². The molecule has 0 radical (unpaired) electrons. The maximum absolute atomic E-state index is 11.5. The normalized spacial score (nSPS) is 17.6. The molecule has 6 nitrogen and oxygen atoms in total. The lowest BCUT2D eigenvalue weighted by Gasteiger charge is -2.35. The van der Waals surface area contributed by atoms with Crippen LogP contribution in [0.4, 0.5) is 0 Å². The van der Waals surface area contributed by atoms with E-state index >= 15 is 0 Å². The molecular formula is C9H14N2O4. The molecule has 0 aromatic heterocycles. The van der Waals surface area contributed by atoms with E-state index in [4.69, 9.17) is 10.8 Å². The Hall–Kier alpha value is -1.59. The van der Waals surface area contributed by atoms with Gasteiger partial charge in [0.05, 0.1) is 0 Å². The zero-order valence-electron chi connectivity index (χ0n) is 8.28. The summed E-state index contributed by atoms with van der Waals surface area (Å²) in [6.07, 6.45) is 1.51. The molecule has 0 heterocycles. The van der Waals surface area contributed by atoms with E-state index in [1.807, 2.05) is 0 Å². The van der Waals surface area contributed by atoms with Gasteiger partial charge in [-0.05, 0) is 12.8 Å². The molecule has 0 aromatic carbocycles. The minimum absolute atomic E-state index is 0.0292. The molecular weight excluding hydrogens is 200 g/mol. The lowest BCUT2D eigenvalue weighted by molar-refractivity contribution is -0.162. The molecule has 1 aliphatic rings. The highest BCUT2D eigenvalue weighted by Gasteiger charge is 2.50. The van der Waals surface area contributed by atoms with Crippen molar-refractivity contribution in [2.24, 2.45) is 11.1 Å². The third-order valence-corrected chi connectivity index (χ3v) is 2.71. The van der Waals surface area contributed by atoms with Crippen molar-refractivity contribution in [1.82, 2.24) is 5.32 Å². The number of rotatable bonds is 5. The molecule has 0 bridgehead atoms. The van der Waals surface area contributed by atoms with Gasteiger partial charge >= 0.3 is 5.97 Å². The Kier molecular flexibility index (Phi) is 3.28. The summed E-state index contributed by atoms with van der Waals surface area (Å²) in [5.74, 6) is -2.12. The summed E-state index contributed by atoms with van der Waals surface area (Å²) in [5.41, 5.74) is 3.62. The highest BCUT2D eigenvalue weighted by molar-refractivity contribution is 6.02. The van der Waals surface area contributed by atoms with E-state index in [9.17, 15) is 14.4 Å². The Morgan fingerprint density at radius 2 is 1.93 bits per heavy atom. The monoisotopic (exact) mass is 214 g/mol. The van der Waals surface area contributed by atoms with Crippen molar-refractivity contribution in [2.45, 2.75) is 25.7 Å². The Balaban J connectivity index is 2.45. The molecule has 4 N–H and O–H groups in total. The fourth-order valence-corrected chi connectivity index (χ4v) is 1.54. The number of carboxylic acid groups (broad SMARTS) is 1. The maximum atomic E-state index is 11.5. The van der Waals surface area contributed by atoms with Gasteiger partial charge in [-0.25, -0.2) is 0 Å². The molecule has 2 amide bonds. The van der Waals surface area contributed by atoms with Crippen LogP contribution < -0.4 is 11.1 Å². The number of carboxylic acids is 1. The zero-order chi connectivity index (χ0) is 11.5. The first kappa shape index (κ1) is 11.5. The molecule has 6 heteroatoms. The van der Waals surface area contributed by atoms with Crippen LogP contribution in [0.1, 0.15) is 25.7 Å². The molecule has 1 rings (SSSR count). The quantitative estimate of drug-likeness (QED) is 0.522. The van der Waals surface area contributed by atoms with Crippen molar-refractivity contribution in [3.8, 4) is 0 Å². The van der Waals surface area contributed by atoms with Crippen molar-refractivity contribution < 1.29 is 19.5 Å². The van der Waals surface area contributed by atoms with Gasteiger partial charge in [0.2, 0.25) is 11.8 Å². The van der Waals surface area contributed by atoms with E-state index in [-0.39, 0.29) is 13.0 Å². The Morgan fingerprint density at radius 1 is 1.33 bits per heavy atom. The van der Waals surface area contributed by atoms with E-state index in [1.165, 1.54) is 0 Å². The van der Waals surface area contributed by atoms with Gasteiger partial charge < -0.3 is 16.2 Å². The third kappa shape index (κ3) is 2.26. The van der Waals surface area contributed by atoms with Crippen LogP contribution in [-0.4, -0.2) is 29.4 Å². The lowest BCUT2D eigenvalue weighted by Crippen LogP contribution is -2.51. The summed E-state index contributed by atoms with van der Waals surface area (Å²) < 4.78 is 0. The zero-order valence-corrected chi connectivity index (χ0v) is 8.28. The predicted octanol–water partition coefficient (Wildman–Crippen LogP) is -0.767. The summed E-state index contributed by atoms with van der Waals surface area (Å²) in [6.45, 7) is 0.100. The number of nitrogens with one attached hydrogen (secondary N) is 1. The van der Waals surface area contributed by atoms with E-state index in [1.54, 1.807) is 0 Å². The summed E-state index contributed by atoms with van der Waals surface area (Å²) in [5, 5.41) is 11.3. The highest BCUT2D eigenvalue weighted by atomic mass is 16.4. The number of amides is 2. The van der Waals surface area contributed by atoms with Crippen LogP contribution in [0.15, 0.2) is 0 Å². The summed E-state index contributed by atoms with van der Waals surface area (Å²) >= 11 is 0. The van der Waals surface area contributed by atoms with Gasteiger partial charge in [-0.2, -0.15) is 0 Å². The second kappa shape index (κ2) is 4.29. The third-order valence-electron chi connectivity index (χ3n) is 2.71. The van der Waals surface area contributed by atoms with Crippen molar-refractivity contribution in [1.29, 1.82) is 0 Å². The average molecular weight is 214 g/mol. The lowest BCUT2D eigenvalue weighted by atomic mass is 9.68. The van der Waals surface area contributed by atoms with E-state index in [0.717, 1.165) is 6.42 Å². The van der Waals surface area contributed by atoms with Crippen molar-refractivity contribution in [2.75, 3.05) is 6.54 Å². The highest BCUT2D eigenvalue weighted by Crippen LogP contribution is 2.41. The van der Waals surface area contributed by atoms with Crippen LogP contribution in [0.3, 0.4) is 0 Å². The van der Waals surface area contributed by atoms with Gasteiger partial charge in [0.25, 0.3) is 0 Å². The van der Waals surface area contributed by atoms with Crippen LogP contribution in [0.5, 0.6) is 0 Å². The molecule has 1 aliphatic carbocycles. The van der Waals surface area contributed by atoms with Crippen molar-refractivity contribution in [3.63, 3.8) is 0 Å². The van der Waals surface area contributed by atoms with Crippen LogP contribution in [-0.2, 0) is 14.4 Å². The van der Waals surface area contributed by atoms with Gasteiger partial charge in [-0.15, -0.1) is 0 Å².